The summed E-state index contributed by atoms with van der Waals surface area (Å²) >= 11 is 0. The molecule has 0 unspecified atom stereocenters. The van der Waals surface area contributed by atoms with Gasteiger partial charge in [-0.2, -0.15) is 0 Å². The number of nitrogens with one attached hydrogen (secondary N) is 1. The van der Waals surface area contributed by atoms with Gasteiger partial charge in [-0.3, -0.25) is 4.79 Å². The first-order valence-corrected chi connectivity index (χ1v) is 5.15. The number of carbonyl (C=O) groups excluding carboxylic acids is 1. The first-order valence-electron chi connectivity index (χ1n) is 5.15. The first kappa shape index (κ1) is 10.5. The predicted octanol–water partition coefficient (Wildman–Crippen LogP) is 1.92. The third-order valence-electron chi connectivity index (χ3n) is 2.28. The van der Waals surface area contributed by atoms with E-state index in [2.05, 4.69) is 5.32 Å². The lowest BCUT2D eigenvalue weighted by atomic mass is 10.2. The Balaban J connectivity index is 1.91. The molecule has 0 spiro atoms. The average Bonchev–Trinajstić information content (AvgIpc) is 2.38. The largest absolute Gasteiger partial charge is 0.489 e. The maximum atomic E-state index is 10.5. The van der Waals surface area contributed by atoms with Crippen LogP contribution in [0.25, 0.3) is 0 Å². The van der Waals surface area contributed by atoms with Crippen molar-refractivity contribution in [1.82, 2.24) is 5.32 Å². The molecular formula is C13H13NO2. The molecule has 1 N–H and O–H groups in total. The highest BCUT2D eigenvalue weighted by atomic mass is 16.5. The summed E-state index contributed by atoms with van der Waals surface area (Å²) in [6, 6.07) is 7.08. The fraction of sp³-hybridized carbons (Fsp3) is 0.154. The molecule has 2 rings (SSSR count). The fourth-order valence-corrected chi connectivity index (χ4v) is 1.42. The Morgan fingerprint density at radius 2 is 2.12 bits per heavy atom. The van der Waals surface area contributed by atoms with Gasteiger partial charge in [-0.15, -0.1) is 0 Å². The molecule has 1 aliphatic heterocycles. The minimum atomic E-state index is 0.532. The molecule has 0 saturated heterocycles. The number of hydrogen-bond acceptors (Lipinski definition) is 3. The summed E-state index contributed by atoms with van der Waals surface area (Å²) in [7, 11) is 0. The van der Waals surface area contributed by atoms with Gasteiger partial charge in [-0.05, 0) is 24.3 Å². The van der Waals surface area contributed by atoms with Gasteiger partial charge in [-0.1, -0.05) is 12.2 Å². The van der Waals surface area contributed by atoms with Gasteiger partial charge in [0.2, 0.25) is 0 Å². The van der Waals surface area contributed by atoms with Crippen molar-refractivity contribution in [2.75, 3.05) is 13.2 Å². The zero-order chi connectivity index (χ0) is 11.2. The Labute approximate surface area is 94.4 Å². The molecule has 1 aromatic carbocycles. The van der Waals surface area contributed by atoms with Crippen molar-refractivity contribution in [3.05, 3.63) is 53.8 Å². The van der Waals surface area contributed by atoms with Crippen molar-refractivity contribution in [3.63, 3.8) is 0 Å². The fourth-order valence-electron chi connectivity index (χ4n) is 1.42. The van der Waals surface area contributed by atoms with Gasteiger partial charge >= 0.3 is 0 Å². The second-order valence-electron chi connectivity index (χ2n) is 3.51. The van der Waals surface area contributed by atoms with Crippen LogP contribution in [0.5, 0.6) is 5.75 Å². The van der Waals surface area contributed by atoms with Crippen LogP contribution in [0.3, 0.4) is 0 Å². The van der Waals surface area contributed by atoms with E-state index in [0.29, 0.717) is 12.2 Å². The lowest BCUT2D eigenvalue weighted by molar-refractivity contribution is 0.112. The number of ether oxygens (including phenoxy) is 1. The maximum Gasteiger partial charge on any atom is 0.150 e. The molecule has 0 bridgehead atoms. The molecule has 0 aliphatic carbocycles. The lowest BCUT2D eigenvalue weighted by Gasteiger charge is -2.10. The highest BCUT2D eigenvalue weighted by molar-refractivity contribution is 5.74. The minimum absolute atomic E-state index is 0.532. The monoisotopic (exact) mass is 215 g/mol. The molecule has 0 aromatic heterocycles. The normalized spacial score (nSPS) is 13.9. The van der Waals surface area contributed by atoms with E-state index in [4.69, 9.17) is 4.74 Å². The van der Waals surface area contributed by atoms with Crippen LogP contribution in [-0.2, 0) is 0 Å². The van der Waals surface area contributed by atoms with Gasteiger partial charge in [0, 0.05) is 23.9 Å². The second kappa shape index (κ2) is 5.16. The van der Waals surface area contributed by atoms with Crippen LogP contribution in [0, 0.1) is 0 Å². The number of benzene rings is 1. The molecule has 1 aromatic rings. The van der Waals surface area contributed by atoms with Crippen molar-refractivity contribution in [2.45, 2.75) is 0 Å². The zero-order valence-electron chi connectivity index (χ0n) is 8.85. The molecular weight excluding hydrogens is 202 g/mol. The van der Waals surface area contributed by atoms with E-state index in [-0.39, 0.29) is 0 Å². The Bertz CT molecular complexity index is 418. The van der Waals surface area contributed by atoms with Gasteiger partial charge in [-0.25, -0.2) is 0 Å². The topological polar surface area (TPSA) is 38.3 Å². The summed E-state index contributed by atoms with van der Waals surface area (Å²) in [6.45, 7) is 1.40. The summed E-state index contributed by atoms with van der Waals surface area (Å²) in [4.78, 5) is 10.5. The highest BCUT2D eigenvalue weighted by Gasteiger charge is 1.99. The Morgan fingerprint density at radius 3 is 2.75 bits per heavy atom. The SMILES string of the molecule is O=Cc1ccc(OCC2=CNCC=C2)cc1. The Morgan fingerprint density at radius 1 is 1.31 bits per heavy atom. The van der Waals surface area contributed by atoms with Crippen molar-refractivity contribution in [3.8, 4) is 5.75 Å². The van der Waals surface area contributed by atoms with Crippen molar-refractivity contribution in [1.29, 1.82) is 0 Å². The second-order valence-corrected chi connectivity index (χ2v) is 3.51. The summed E-state index contributed by atoms with van der Waals surface area (Å²) in [5.41, 5.74) is 1.76. The van der Waals surface area contributed by atoms with E-state index in [0.717, 1.165) is 24.2 Å². The van der Waals surface area contributed by atoms with E-state index in [9.17, 15) is 4.79 Å². The Kier molecular flexibility index (Phi) is 3.38. The lowest BCUT2D eigenvalue weighted by Crippen LogP contribution is -2.12. The van der Waals surface area contributed by atoms with Gasteiger partial charge in [0.25, 0.3) is 0 Å². The van der Waals surface area contributed by atoms with Crippen LogP contribution >= 0.6 is 0 Å². The van der Waals surface area contributed by atoms with Gasteiger partial charge in [0.05, 0.1) is 0 Å². The van der Waals surface area contributed by atoms with Crippen molar-refractivity contribution in [2.24, 2.45) is 0 Å². The highest BCUT2D eigenvalue weighted by Crippen LogP contribution is 2.12. The number of aldehydes is 1. The van der Waals surface area contributed by atoms with Crippen LogP contribution in [0.2, 0.25) is 0 Å². The van der Waals surface area contributed by atoms with Gasteiger partial charge < -0.3 is 10.1 Å². The molecule has 3 heteroatoms. The van der Waals surface area contributed by atoms with Crippen molar-refractivity contribution >= 4 is 6.29 Å². The predicted molar refractivity (Wildman–Crippen MR) is 62.6 cm³/mol. The quantitative estimate of drug-likeness (QED) is 0.780. The van der Waals surface area contributed by atoms with E-state index < -0.39 is 0 Å². The third-order valence-corrected chi connectivity index (χ3v) is 2.28. The van der Waals surface area contributed by atoms with Crippen LogP contribution in [0.4, 0.5) is 0 Å². The smallest absolute Gasteiger partial charge is 0.150 e. The zero-order valence-corrected chi connectivity index (χ0v) is 8.85. The summed E-state index contributed by atoms with van der Waals surface area (Å²) in [5, 5.41) is 3.11. The van der Waals surface area contributed by atoms with Gasteiger partial charge in [0.1, 0.15) is 18.6 Å². The molecule has 0 saturated carbocycles. The van der Waals surface area contributed by atoms with Crippen molar-refractivity contribution < 1.29 is 9.53 Å². The summed E-state index contributed by atoms with van der Waals surface area (Å²) in [6.07, 6.45) is 6.85. The minimum Gasteiger partial charge on any atom is -0.489 e. The standard InChI is InChI=1S/C13H13NO2/c15-9-11-3-5-13(6-4-11)16-10-12-2-1-7-14-8-12/h1-6,8-9,14H,7,10H2. The van der Waals surface area contributed by atoms with Crippen LogP contribution in [0.15, 0.2) is 48.2 Å². The summed E-state index contributed by atoms with van der Waals surface area (Å²) in [5.74, 6) is 0.769. The van der Waals surface area contributed by atoms with E-state index in [1.54, 1.807) is 24.3 Å². The molecule has 1 heterocycles. The molecule has 3 nitrogen and oxygen atoms in total. The average molecular weight is 215 g/mol. The molecule has 16 heavy (non-hydrogen) atoms. The number of rotatable bonds is 4. The molecule has 1 aliphatic rings. The number of hydrogen-bond donors (Lipinski definition) is 1. The molecule has 0 radical (unpaired) electrons. The maximum absolute atomic E-state index is 10.5. The Hall–Kier alpha value is -2.03. The van der Waals surface area contributed by atoms with Gasteiger partial charge in [0.15, 0.2) is 0 Å². The number of dihydropyridines is 1. The number of carbonyl (C=O) groups is 1. The molecule has 0 amide bonds. The molecule has 0 atom stereocenters. The molecule has 0 fully saturated rings. The van der Waals surface area contributed by atoms with Crippen LogP contribution in [-0.4, -0.2) is 19.4 Å². The van der Waals surface area contributed by atoms with E-state index in [1.807, 2.05) is 18.4 Å². The van der Waals surface area contributed by atoms with E-state index >= 15 is 0 Å². The van der Waals surface area contributed by atoms with Crippen LogP contribution in [0.1, 0.15) is 10.4 Å². The third kappa shape index (κ3) is 2.73. The summed E-state index contributed by atoms with van der Waals surface area (Å²) < 4.78 is 5.57. The van der Waals surface area contributed by atoms with E-state index in [1.165, 1.54) is 0 Å². The van der Waals surface area contributed by atoms with Crippen LogP contribution < -0.4 is 10.1 Å². The molecule has 82 valence electrons. The first-order chi connectivity index (χ1) is 7.88.